The van der Waals surface area contributed by atoms with Crippen LogP contribution in [0, 0.1) is 0 Å². The Morgan fingerprint density at radius 1 is 1.03 bits per heavy atom. The zero-order valence-electron chi connectivity index (χ0n) is 19.3. The number of anilines is 1. The second-order valence-electron chi connectivity index (χ2n) is 7.25. The van der Waals surface area contributed by atoms with Gasteiger partial charge in [-0.15, -0.1) is 24.0 Å². The second kappa shape index (κ2) is 16.0. The molecular weight excluding hydrogens is 505 g/mol. The molecule has 0 saturated carbocycles. The molecule has 0 radical (unpaired) electrons. The maximum absolute atomic E-state index is 5.62. The van der Waals surface area contributed by atoms with Crippen LogP contribution in [-0.4, -0.2) is 64.6 Å². The van der Waals surface area contributed by atoms with Crippen molar-refractivity contribution in [3.05, 3.63) is 35.9 Å². The molecule has 7 nitrogen and oxygen atoms in total. The maximum Gasteiger partial charge on any atom is 0.191 e. The van der Waals surface area contributed by atoms with E-state index < -0.39 is 0 Å². The topological polar surface area (TPSA) is 71.0 Å². The first-order chi connectivity index (χ1) is 14.7. The Bertz CT molecular complexity index is 786. The summed E-state index contributed by atoms with van der Waals surface area (Å²) in [5.41, 5.74) is 2.14. The highest BCUT2D eigenvalue weighted by Gasteiger charge is 2.07. The second-order valence-corrected chi connectivity index (χ2v) is 7.25. The summed E-state index contributed by atoms with van der Waals surface area (Å²) in [5.74, 6) is 1.72. The van der Waals surface area contributed by atoms with E-state index in [1.54, 1.807) is 0 Å². The van der Waals surface area contributed by atoms with Gasteiger partial charge in [-0.05, 0) is 31.0 Å². The van der Waals surface area contributed by atoms with Crippen LogP contribution in [0.15, 0.2) is 35.3 Å². The fourth-order valence-corrected chi connectivity index (χ4v) is 2.91. The van der Waals surface area contributed by atoms with Crippen LogP contribution < -0.4 is 15.5 Å². The minimum Gasteiger partial charge on any atom is -0.379 e. The van der Waals surface area contributed by atoms with Gasteiger partial charge in [0, 0.05) is 39.2 Å². The summed E-state index contributed by atoms with van der Waals surface area (Å²) in [6.45, 7) is 9.00. The first-order valence-electron chi connectivity index (χ1n) is 10.9. The molecule has 174 valence electrons. The number of para-hydroxylation sites is 1. The Kier molecular flexibility index (Phi) is 14.2. The summed E-state index contributed by atoms with van der Waals surface area (Å²) in [4.78, 5) is 11.5. The van der Waals surface area contributed by atoms with Gasteiger partial charge >= 0.3 is 0 Å². The van der Waals surface area contributed by atoms with Crippen LogP contribution in [0.3, 0.4) is 0 Å². The lowest BCUT2D eigenvalue weighted by Crippen LogP contribution is -2.39. The summed E-state index contributed by atoms with van der Waals surface area (Å²) in [5, 5.41) is 7.76. The monoisotopic (exact) mass is 543 g/mol. The number of benzene rings is 1. The van der Waals surface area contributed by atoms with Crippen LogP contribution >= 0.6 is 24.0 Å². The zero-order valence-corrected chi connectivity index (χ0v) is 21.6. The van der Waals surface area contributed by atoms with Crippen molar-refractivity contribution in [2.45, 2.75) is 33.2 Å². The number of fused-ring (bicyclic) bond motifs is 1. The molecule has 8 heteroatoms. The smallest absolute Gasteiger partial charge is 0.191 e. The molecular formula is C23H38IN5O2. The van der Waals surface area contributed by atoms with Crippen molar-refractivity contribution in [3.8, 4) is 0 Å². The number of aliphatic imine (C=N–C) groups is 1. The number of hydrogen-bond donors (Lipinski definition) is 2. The molecule has 0 atom stereocenters. The molecule has 31 heavy (non-hydrogen) atoms. The highest BCUT2D eigenvalue weighted by atomic mass is 127. The van der Waals surface area contributed by atoms with E-state index in [-0.39, 0.29) is 24.0 Å². The van der Waals surface area contributed by atoms with Crippen LogP contribution in [0.1, 0.15) is 32.3 Å². The third kappa shape index (κ3) is 10.0. The fraction of sp³-hybridized carbons (Fsp3) is 0.565. The Labute approximate surface area is 204 Å². The maximum atomic E-state index is 5.62. The number of ether oxygens (including phenoxy) is 2. The minimum absolute atomic E-state index is 0. The van der Waals surface area contributed by atoms with Gasteiger partial charge in [0.15, 0.2) is 5.96 Å². The van der Waals surface area contributed by atoms with Gasteiger partial charge in [0.1, 0.15) is 5.82 Å². The van der Waals surface area contributed by atoms with Crippen LogP contribution in [0.4, 0.5) is 5.82 Å². The molecule has 0 unspecified atom stereocenters. The first-order valence-corrected chi connectivity index (χ1v) is 10.9. The van der Waals surface area contributed by atoms with Gasteiger partial charge in [-0.25, -0.2) is 9.98 Å². The Morgan fingerprint density at radius 3 is 2.48 bits per heavy atom. The molecule has 0 bridgehead atoms. The van der Waals surface area contributed by atoms with Gasteiger partial charge < -0.3 is 25.0 Å². The van der Waals surface area contributed by atoms with Gasteiger partial charge in [-0.2, -0.15) is 0 Å². The fourth-order valence-electron chi connectivity index (χ4n) is 2.91. The van der Waals surface area contributed by atoms with Crippen molar-refractivity contribution in [1.82, 2.24) is 15.6 Å². The van der Waals surface area contributed by atoms with Crippen LogP contribution in [0.5, 0.6) is 0 Å². The van der Waals surface area contributed by atoms with Crippen molar-refractivity contribution in [2.24, 2.45) is 4.99 Å². The van der Waals surface area contributed by atoms with Crippen LogP contribution in [-0.2, 0) is 16.0 Å². The lowest BCUT2D eigenvalue weighted by molar-refractivity contribution is 0.0487. The number of hydrogen-bond acceptors (Lipinski definition) is 5. The molecule has 1 heterocycles. The summed E-state index contributed by atoms with van der Waals surface area (Å²) in [7, 11) is 4.01. The Hall–Kier alpha value is -1.65. The number of aromatic nitrogens is 1. The number of guanidine groups is 1. The molecule has 0 spiro atoms. The number of rotatable bonds is 13. The van der Waals surface area contributed by atoms with E-state index in [0.29, 0.717) is 32.9 Å². The van der Waals surface area contributed by atoms with Crippen LogP contribution in [0.2, 0.25) is 0 Å². The normalized spacial score (nSPS) is 11.3. The van der Waals surface area contributed by atoms with Crippen molar-refractivity contribution < 1.29 is 9.47 Å². The average Bonchev–Trinajstić information content (AvgIpc) is 2.75. The standard InChI is InChI=1S/C23H37N5O2.HI/c1-5-7-13-29-15-16-30-14-12-25-23(24-6-2)26-18-19-17-22(28(3)4)27-21-11-9-8-10-20(19)21;/h8-11,17H,5-7,12-16,18H2,1-4H3,(H2,24,25,26);1H. The minimum atomic E-state index is 0. The van der Waals surface area contributed by atoms with E-state index >= 15 is 0 Å². The molecule has 0 aliphatic rings. The Morgan fingerprint density at radius 2 is 1.77 bits per heavy atom. The molecule has 0 fully saturated rings. The SMILES string of the molecule is CCCCOCCOCCNC(=NCc1cc(N(C)C)nc2ccccc12)NCC.I. The molecule has 0 aliphatic carbocycles. The summed E-state index contributed by atoms with van der Waals surface area (Å²) in [6, 6.07) is 10.3. The third-order valence-electron chi connectivity index (χ3n) is 4.55. The molecule has 2 rings (SSSR count). The predicted molar refractivity (Wildman–Crippen MR) is 141 cm³/mol. The van der Waals surface area contributed by atoms with E-state index in [4.69, 9.17) is 19.5 Å². The molecule has 1 aromatic carbocycles. The Balaban J connectivity index is 0.00000480. The summed E-state index contributed by atoms with van der Waals surface area (Å²) in [6.07, 6.45) is 2.26. The van der Waals surface area contributed by atoms with Crippen molar-refractivity contribution in [2.75, 3.05) is 58.5 Å². The van der Waals surface area contributed by atoms with Crippen molar-refractivity contribution >= 4 is 46.7 Å². The highest BCUT2D eigenvalue weighted by Crippen LogP contribution is 2.22. The number of nitrogens with zero attached hydrogens (tertiary/aromatic N) is 3. The van der Waals surface area contributed by atoms with E-state index in [0.717, 1.165) is 54.2 Å². The van der Waals surface area contributed by atoms with E-state index in [2.05, 4.69) is 36.6 Å². The number of nitrogens with one attached hydrogen (secondary N) is 2. The van der Waals surface area contributed by atoms with Crippen molar-refractivity contribution in [1.29, 1.82) is 0 Å². The zero-order chi connectivity index (χ0) is 21.6. The average molecular weight is 543 g/mol. The first kappa shape index (κ1) is 27.4. The van der Waals surface area contributed by atoms with Crippen molar-refractivity contribution in [3.63, 3.8) is 0 Å². The summed E-state index contributed by atoms with van der Waals surface area (Å²) < 4.78 is 11.1. The molecule has 0 amide bonds. The van der Waals surface area contributed by atoms with Gasteiger partial charge in [-0.1, -0.05) is 31.5 Å². The van der Waals surface area contributed by atoms with Gasteiger partial charge in [-0.3, -0.25) is 0 Å². The third-order valence-corrected chi connectivity index (χ3v) is 4.55. The van der Waals surface area contributed by atoms with Crippen LogP contribution in [0.25, 0.3) is 10.9 Å². The molecule has 0 saturated heterocycles. The van der Waals surface area contributed by atoms with E-state index in [1.807, 2.05) is 37.2 Å². The molecule has 0 aliphatic heterocycles. The summed E-state index contributed by atoms with van der Waals surface area (Å²) >= 11 is 0. The molecule has 2 N–H and O–H groups in total. The lowest BCUT2D eigenvalue weighted by atomic mass is 10.1. The van der Waals surface area contributed by atoms with Gasteiger partial charge in [0.25, 0.3) is 0 Å². The number of pyridine rings is 1. The number of unbranched alkanes of at least 4 members (excludes halogenated alkanes) is 1. The molecule has 2 aromatic rings. The molecule has 1 aromatic heterocycles. The van der Waals surface area contributed by atoms with E-state index in [9.17, 15) is 0 Å². The number of halogens is 1. The van der Waals surface area contributed by atoms with Gasteiger partial charge in [0.2, 0.25) is 0 Å². The highest BCUT2D eigenvalue weighted by molar-refractivity contribution is 14.0. The van der Waals surface area contributed by atoms with E-state index in [1.165, 1.54) is 0 Å². The quantitative estimate of drug-likeness (QED) is 0.173. The largest absolute Gasteiger partial charge is 0.379 e. The predicted octanol–water partition coefficient (Wildman–Crippen LogP) is 3.81. The lowest BCUT2D eigenvalue weighted by Gasteiger charge is -2.15. The van der Waals surface area contributed by atoms with Gasteiger partial charge in [0.05, 0.1) is 31.9 Å².